The van der Waals surface area contributed by atoms with Crippen LogP contribution in [0.3, 0.4) is 0 Å². The van der Waals surface area contributed by atoms with Gasteiger partial charge in [0.15, 0.2) is 5.78 Å². The Kier molecular flexibility index (Phi) is 91.4. The summed E-state index contributed by atoms with van der Waals surface area (Å²) in [6, 6.07) is 14.1. The van der Waals surface area contributed by atoms with E-state index >= 15 is 0 Å². The van der Waals surface area contributed by atoms with Crippen LogP contribution >= 0.6 is 0 Å². The Hall–Kier alpha value is -2.29. The highest BCUT2D eigenvalue weighted by atomic mass is 16.5. The summed E-state index contributed by atoms with van der Waals surface area (Å²) in [6.07, 6.45) is 144. The molecular formula is C113H210O3. The maximum absolute atomic E-state index is 12.7. The fraction of sp³-hybridized carbons (Fsp3) is 0.885. The maximum Gasteiger partial charge on any atom is 0.196 e. The summed E-state index contributed by atoms with van der Waals surface area (Å²) in [5.74, 6) is 0.427. The van der Waals surface area contributed by atoms with Gasteiger partial charge in [0.25, 0.3) is 0 Å². The lowest BCUT2D eigenvalue weighted by Gasteiger charge is -2.09. The van der Waals surface area contributed by atoms with Gasteiger partial charge >= 0.3 is 0 Å². The number of phenols is 1. The third-order valence-electron chi connectivity index (χ3n) is 27.0. The van der Waals surface area contributed by atoms with Crippen LogP contribution in [0, 0.1) is 0 Å². The quantitative estimate of drug-likeness (QED) is 0.0530. The van der Waals surface area contributed by atoms with Gasteiger partial charge in [-0.15, -0.1) is 0 Å². The molecule has 2 aromatic rings. The first-order valence-electron chi connectivity index (χ1n) is 54.8. The van der Waals surface area contributed by atoms with E-state index in [1.54, 1.807) is 30.3 Å². The van der Waals surface area contributed by atoms with Gasteiger partial charge in [0, 0.05) is 11.6 Å². The topological polar surface area (TPSA) is 46.5 Å². The second-order valence-electron chi connectivity index (χ2n) is 38.5. The Labute approximate surface area is 729 Å². The molecule has 0 aliphatic heterocycles. The minimum atomic E-state index is -0.172. The van der Waals surface area contributed by atoms with E-state index in [0.29, 0.717) is 23.5 Å². The van der Waals surface area contributed by atoms with Crippen molar-refractivity contribution in [3.63, 3.8) is 0 Å². The number of rotatable bonds is 102. The molecule has 3 heteroatoms. The molecule has 0 aliphatic carbocycles. The summed E-state index contributed by atoms with van der Waals surface area (Å²) >= 11 is 0. The molecule has 0 aromatic heterocycles. The summed E-state index contributed by atoms with van der Waals surface area (Å²) < 4.78 is 5.86. The van der Waals surface area contributed by atoms with E-state index in [1.165, 1.54) is 623 Å². The highest BCUT2D eigenvalue weighted by Gasteiger charge is 2.15. The van der Waals surface area contributed by atoms with Crippen LogP contribution in [0.4, 0.5) is 0 Å². The molecule has 2 rings (SSSR count). The second-order valence-corrected chi connectivity index (χ2v) is 38.5. The van der Waals surface area contributed by atoms with Gasteiger partial charge in [0.1, 0.15) is 11.5 Å². The molecule has 1 N–H and O–H groups in total. The monoisotopic (exact) mass is 1620 g/mol. The Balaban J connectivity index is 1.09. The van der Waals surface area contributed by atoms with E-state index in [9.17, 15) is 9.90 Å². The first-order valence-corrected chi connectivity index (χ1v) is 54.8. The average molecular weight is 1620 g/mol. The highest BCUT2D eigenvalue weighted by Crippen LogP contribution is 2.28. The number of benzene rings is 2. The van der Waals surface area contributed by atoms with Crippen molar-refractivity contribution in [2.45, 2.75) is 636 Å². The van der Waals surface area contributed by atoms with E-state index in [-0.39, 0.29) is 11.5 Å². The summed E-state index contributed by atoms with van der Waals surface area (Å²) in [5, 5.41) is 10.4. The fourth-order valence-corrected chi connectivity index (χ4v) is 18.9. The molecular weight excluding hydrogens is 1410 g/mol. The van der Waals surface area contributed by atoms with Crippen molar-refractivity contribution in [1.82, 2.24) is 0 Å². The van der Waals surface area contributed by atoms with Gasteiger partial charge in [-0.05, 0) is 18.6 Å². The number of unbranched alkanes of at least 4 members (excludes halogenated alkanes) is 97. The molecule has 0 amide bonds. The molecule has 0 radical (unpaired) electrons. The number of aromatic hydroxyl groups is 1. The number of phenolic OH excluding ortho intramolecular Hbond substituents is 1. The fourth-order valence-electron chi connectivity index (χ4n) is 18.9. The van der Waals surface area contributed by atoms with Crippen molar-refractivity contribution in [1.29, 1.82) is 0 Å². The lowest BCUT2D eigenvalue weighted by atomic mass is 10.0. The number of carbonyl (C=O) groups excluding carboxylic acids is 1. The van der Waals surface area contributed by atoms with Gasteiger partial charge in [-0.2, -0.15) is 0 Å². The molecule has 3 nitrogen and oxygen atoms in total. The summed E-state index contributed by atoms with van der Waals surface area (Å²) in [4.78, 5) is 12.7. The standard InChI is InChI=1S/C113H210O3/c1-2-3-4-5-6-7-8-9-10-11-12-13-14-15-16-17-18-19-20-21-22-23-24-25-26-27-28-29-30-31-32-33-34-35-36-37-38-39-40-41-42-43-44-45-46-47-48-49-50-51-52-53-54-55-56-57-58-59-60-61-62-63-64-65-66-67-68-69-70-71-72-73-74-75-76-77-78-79-80-81-82-83-84-85-86-87-88-89-90-91-92-93-94-95-96-97-98-102-107-116-110-105-106-111(112(114)108-110)113(115)109-103-100-99-101-104-109/h99-101,103-106,108,114H,2-98,102,107H2,1H3. The Bertz CT molecular complexity index is 2130. The van der Waals surface area contributed by atoms with E-state index in [4.69, 9.17) is 4.74 Å². The van der Waals surface area contributed by atoms with E-state index in [2.05, 4.69) is 6.92 Å². The molecule has 0 saturated heterocycles. The van der Waals surface area contributed by atoms with Crippen LogP contribution in [0.25, 0.3) is 0 Å². The van der Waals surface area contributed by atoms with Crippen LogP contribution in [-0.4, -0.2) is 17.5 Å². The molecule has 0 fully saturated rings. The lowest BCUT2D eigenvalue weighted by molar-refractivity contribution is 0.103. The molecule has 680 valence electrons. The van der Waals surface area contributed by atoms with Crippen LogP contribution in [-0.2, 0) is 0 Å². The molecule has 0 saturated carbocycles. The largest absolute Gasteiger partial charge is 0.507 e. The van der Waals surface area contributed by atoms with Crippen LogP contribution in [0.1, 0.15) is 652 Å². The van der Waals surface area contributed by atoms with Gasteiger partial charge in [0.2, 0.25) is 0 Å². The second kappa shape index (κ2) is 96.5. The van der Waals surface area contributed by atoms with Crippen molar-refractivity contribution in [2.75, 3.05) is 6.61 Å². The molecule has 0 aliphatic rings. The molecule has 116 heavy (non-hydrogen) atoms. The normalized spacial score (nSPS) is 11.7. The van der Waals surface area contributed by atoms with Crippen LogP contribution in [0.5, 0.6) is 11.5 Å². The molecule has 2 aromatic carbocycles. The molecule has 0 bridgehead atoms. The predicted molar refractivity (Wildman–Crippen MR) is 522 cm³/mol. The zero-order valence-electron chi connectivity index (χ0n) is 79.4. The molecule has 0 spiro atoms. The number of ketones is 1. The molecule has 0 unspecified atom stereocenters. The van der Waals surface area contributed by atoms with Crippen molar-refractivity contribution >= 4 is 5.78 Å². The lowest BCUT2D eigenvalue weighted by Crippen LogP contribution is -2.02. The van der Waals surface area contributed by atoms with Crippen molar-refractivity contribution in [3.05, 3.63) is 59.7 Å². The highest BCUT2D eigenvalue weighted by molar-refractivity contribution is 6.10. The average Bonchev–Trinajstić information content (AvgIpc) is 0.833. The zero-order chi connectivity index (χ0) is 82.3. The summed E-state index contributed by atoms with van der Waals surface area (Å²) in [6.45, 7) is 2.96. The van der Waals surface area contributed by atoms with Gasteiger partial charge in [-0.3, -0.25) is 4.79 Å². The summed E-state index contributed by atoms with van der Waals surface area (Å²) in [7, 11) is 0. The van der Waals surface area contributed by atoms with E-state index in [1.807, 2.05) is 18.2 Å². The minimum Gasteiger partial charge on any atom is -0.507 e. The summed E-state index contributed by atoms with van der Waals surface area (Å²) in [5.41, 5.74) is 0.888. The number of hydrogen-bond acceptors (Lipinski definition) is 3. The van der Waals surface area contributed by atoms with E-state index in [0.717, 1.165) is 6.42 Å². The van der Waals surface area contributed by atoms with Gasteiger partial charge in [0.05, 0.1) is 12.2 Å². The van der Waals surface area contributed by atoms with E-state index < -0.39 is 0 Å². The van der Waals surface area contributed by atoms with Gasteiger partial charge < -0.3 is 9.84 Å². The van der Waals surface area contributed by atoms with Crippen molar-refractivity contribution < 1.29 is 14.6 Å². The molecule has 0 heterocycles. The Morgan fingerprint density at radius 3 is 0.491 bits per heavy atom. The van der Waals surface area contributed by atoms with Crippen LogP contribution in [0.2, 0.25) is 0 Å². The minimum absolute atomic E-state index is 0.0225. The van der Waals surface area contributed by atoms with Crippen molar-refractivity contribution in [3.8, 4) is 11.5 Å². The Morgan fingerprint density at radius 2 is 0.345 bits per heavy atom. The Morgan fingerprint density at radius 1 is 0.198 bits per heavy atom. The number of hydrogen-bond donors (Lipinski definition) is 1. The van der Waals surface area contributed by atoms with Crippen LogP contribution in [0.15, 0.2) is 48.5 Å². The number of carbonyl (C=O) groups is 1. The first kappa shape index (κ1) is 110. The van der Waals surface area contributed by atoms with Gasteiger partial charge in [-0.25, -0.2) is 0 Å². The zero-order valence-corrected chi connectivity index (χ0v) is 79.4. The smallest absolute Gasteiger partial charge is 0.196 e. The SMILES string of the molecule is CCCCCCCCCCCCCCCCCCCCCCCCCCCCCCCCCCCCCCCCCCCCCCCCCCCCCCCCCCCCCCCCCCCCCCCCCCCCCCCCCCCCCCCCCCCCCCCCCCCCOc1ccc(C(=O)c2ccccc2)c(O)c1. The first-order chi connectivity index (χ1) is 57.7. The predicted octanol–water partition coefficient (Wildman–Crippen LogP) is 41.3. The van der Waals surface area contributed by atoms with Crippen LogP contribution < -0.4 is 4.74 Å². The number of ether oxygens (including phenoxy) is 1. The molecule has 0 atom stereocenters. The van der Waals surface area contributed by atoms with Crippen molar-refractivity contribution in [2.24, 2.45) is 0 Å². The van der Waals surface area contributed by atoms with Gasteiger partial charge in [-0.1, -0.05) is 660 Å². The third kappa shape index (κ3) is 83.9. The third-order valence-corrected chi connectivity index (χ3v) is 27.0. The maximum atomic E-state index is 12.7.